The van der Waals surface area contributed by atoms with Gasteiger partial charge in [-0.3, -0.25) is 0 Å². The number of halogens is 1. The number of aromatic nitrogens is 1. The van der Waals surface area contributed by atoms with Gasteiger partial charge in [-0.25, -0.2) is 0 Å². The quantitative estimate of drug-likeness (QED) is 0.914. The molecule has 2 aromatic rings. The lowest BCUT2D eigenvalue weighted by atomic mass is 10.3. The predicted molar refractivity (Wildman–Crippen MR) is 70.7 cm³/mol. The molecule has 0 unspecified atom stereocenters. The van der Waals surface area contributed by atoms with Gasteiger partial charge in [-0.15, -0.1) is 0 Å². The van der Waals surface area contributed by atoms with E-state index in [0.717, 1.165) is 5.75 Å². The van der Waals surface area contributed by atoms with Crippen LogP contribution in [0.1, 0.15) is 11.8 Å². The molecule has 1 N–H and O–H groups in total. The van der Waals surface area contributed by atoms with Crippen molar-refractivity contribution in [3.8, 4) is 16.7 Å². The fraction of sp³-hybridized carbons (Fsp3) is 0.250. The number of thiazole rings is 1. The van der Waals surface area contributed by atoms with Gasteiger partial charge in [0.25, 0.3) is 5.19 Å². The highest BCUT2D eigenvalue weighted by atomic mass is 35.5. The maximum Gasteiger partial charge on any atom is 0.280 e. The van der Waals surface area contributed by atoms with E-state index in [1.807, 2.05) is 19.1 Å². The predicted octanol–water partition coefficient (Wildman–Crippen LogP) is 3.48. The Labute approximate surface area is 114 Å². The highest BCUT2D eigenvalue weighted by Crippen LogP contribution is 2.32. The van der Waals surface area contributed by atoms with Crippen LogP contribution in [0.2, 0.25) is 5.15 Å². The number of nitrogens with zero attached hydrogens (tertiary/aromatic N) is 1. The minimum absolute atomic E-state index is 0.140. The number of benzene rings is 1. The first-order valence-corrected chi connectivity index (χ1v) is 6.59. The Bertz CT molecular complexity index is 530. The van der Waals surface area contributed by atoms with Gasteiger partial charge in [-0.05, 0) is 19.1 Å². The molecule has 0 fully saturated rings. The Balaban J connectivity index is 2.14. The third-order valence-corrected chi connectivity index (χ3v) is 3.44. The minimum atomic E-state index is -0.140. The van der Waals surface area contributed by atoms with Gasteiger partial charge in [-0.2, -0.15) is 4.98 Å². The van der Waals surface area contributed by atoms with Crippen molar-refractivity contribution in [3.05, 3.63) is 34.3 Å². The Morgan fingerprint density at radius 3 is 2.83 bits per heavy atom. The van der Waals surface area contributed by atoms with Crippen LogP contribution in [-0.2, 0) is 6.61 Å². The number of aliphatic hydroxyl groups excluding tert-OH is 1. The summed E-state index contributed by atoms with van der Waals surface area (Å²) in [5, 5.41) is 9.70. The number of rotatable bonds is 5. The molecular weight excluding hydrogens is 274 g/mol. The molecule has 0 aliphatic rings. The number of hydrogen-bond acceptors (Lipinski definition) is 5. The molecule has 0 aliphatic carbocycles. The normalized spacial score (nSPS) is 10.4. The maximum absolute atomic E-state index is 9.02. The van der Waals surface area contributed by atoms with E-state index in [2.05, 4.69) is 4.98 Å². The average Bonchev–Trinajstić information content (AvgIpc) is 2.70. The molecule has 0 spiro atoms. The van der Waals surface area contributed by atoms with E-state index in [1.54, 1.807) is 12.1 Å². The molecule has 1 aromatic carbocycles. The Morgan fingerprint density at radius 2 is 2.17 bits per heavy atom. The standard InChI is InChI=1S/C12H12ClNO3S/c1-2-16-8-4-3-5-9(6-8)17-12-14-11(13)10(7-15)18-12/h3-6,15H,2,7H2,1H3. The fourth-order valence-corrected chi connectivity index (χ4v) is 2.33. The second-order valence-corrected chi connectivity index (χ2v) is 4.77. The Hall–Kier alpha value is -1.30. The summed E-state index contributed by atoms with van der Waals surface area (Å²) in [4.78, 5) is 4.60. The van der Waals surface area contributed by atoms with Crippen molar-refractivity contribution in [1.29, 1.82) is 0 Å². The zero-order valence-corrected chi connectivity index (χ0v) is 11.3. The van der Waals surface area contributed by atoms with Gasteiger partial charge in [0, 0.05) is 6.07 Å². The monoisotopic (exact) mass is 285 g/mol. The van der Waals surface area contributed by atoms with Crippen molar-refractivity contribution in [2.24, 2.45) is 0 Å². The molecule has 6 heteroatoms. The van der Waals surface area contributed by atoms with Crippen molar-refractivity contribution < 1.29 is 14.6 Å². The van der Waals surface area contributed by atoms with E-state index in [4.69, 9.17) is 26.2 Å². The van der Waals surface area contributed by atoms with Crippen LogP contribution < -0.4 is 9.47 Å². The lowest BCUT2D eigenvalue weighted by Crippen LogP contribution is -1.91. The van der Waals surface area contributed by atoms with E-state index < -0.39 is 0 Å². The summed E-state index contributed by atoms with van der Waals surface area (Å²) in [6, 6.07) is 7.26. The van der Waals surface area contributed by atoms with E-state index in [1.165, 1.54) is 11.3 Å². The van der Waals surface area contributed by atoms with Crippen molar-refractivity contribution in [2.75, 3.05) is 6.61 Å². The lowest BCUT2D eigenvalue weighted by Gasteiger charge is -2.05. The second kappa shape index (κ2) is 6.04. The molecule has 2 rings (SSSR count). The molecule has 1 heterocycles. The first kappa shape index (κ1) is 13.1. The molecule has 0 atom stereocenters. The first-order valence-electron chi connectivity index (χ1n) is 5.39. The average molecular weight is 286 g/mol. The van der Waals surface area contributed by atoms with E-state index >= 15 is 0 Å². The highest BCUT2D eigenvalue weighted by Gasteiger charge is 2.10. The lowest BCUT2D eigenvalue weighted by molar-refractivity contribution is 0.285. The van der Waals surface area contributed by atoms with Crippen LogP contribution in [0.4, 0.5) is 0 Å². The van der Waals surface area contributed by atoms with Crippen LogP contribution in [0, 0.1) is 0 Å². The third kappa shape index (κ3) is 3.13. The van der Waals surface area contributed by atoms with Gasteiger partial charge in [0.15, 0.2) is 0 Å². The molecule has 0 radical (unpaired) electrons. The number of ether oxygens (including phenoxy) is 2. The van der Waals surface area contributed by atoms with Crippen molar-refractivity contribution >= 4 is 22.9 Å². The third-order valence-electron chi connectivity index (χ3n) is 2.10. The summed E-state index contributed by atoms with van der Waals surface area (Å²) >= 11 is 7.04. The summed E-state index contributed by atoms with van der Waals surface area (Å²) in [5.41, 5.74) is 0. The van der Waals surface area contributed by atoms with Gasteiger partial charge in [0.05, 0.1) is 18.1 Å². The SMILES string of the molecule is CCOc1cccc(Oc2nc(Cl)c(CO)s2)c1. The van der Waals surface area contributed by atoms with Crippen LogP contribution in [-0.4, -0.2) is 16.7 Å². The molecule has 1 aromatic heterocycles. The van der Waals surface area contributed by atoms with E-state index in [-0.39, 0.29) is 11.8 Å². The minimum Gasteiger partial charge on any atom is -0.494 e. The van der Waals surface area contributed by atoms with Crippen LogP contribution in [0.3, 0.4) is 0 Å². The smallest absolute Gasteiger partial charge is 0.280 e. The van der Waals surface area contributed by atoms with Crippen LogP contribution in [0.25, 0.3) is 0 Å². The molecule has 0 saturated heterocycles. The molecule has 4 nitrogen and oxygen atoms in total. The zero-order valence-electron chi connectivity index (χ0n) is 9.72. The molecule has 96 valence electrons. The Morgan fingerprint density at radius 1 is 1.39 bits per heavy atom. The van der Waals surface area contributed by atoms with Crippen LogP contribution >= 0.6 is 22.9 Å². The topological polar surface area (TPSA) is 51.6 Å². The van der Waals surface area contributed by atoms with Crippen LogP contribution in [0.5, 0.6) is 16.7 Å². The summed E-state index contributed by atoms with van der Waals surface area (Å²) in [6.45, 7) is 2.38. The molecule has 0 aliphatic heterocycles. The van der Waals surface area contributed by atoms with Crippen LogP contribution in [0.15, 0.2) is 24.3 Å². The molecule has 0 bridgehead atoms. The van der Waals surface area contributed by atoms with Gasteiger partial charge in [0.1, 0.15) is 16.7 Å². The summed E-state index contributed by atoms with van der Waals surface area (Å²) in [6.07, 6.45) is 0. The second-order valence-electron chi connectivity index (χ2n) is 3.36. The van der Waals surface area contributed by atoms with Gasteiger partial charge in [-0.1, -0.05) is 29.0 Å². The van der Waals surface area contributed by atoms with Gasteiger partial charge in [0.2, 0.25) is 0 Å². The number of hydrogen-bond donors (Lipinski definition) is 1. The van der Waals surface area contributed by atoms with Crippen molar-refractivity contribution in [1.82, 2.24) is 4.98 Å². The van der Waals surface area contributed by atoms with E-state index in [0.29, 0.717) is 22.4 Å². The maximum atomic E-state index is 9.02. The van der Waals surface area contributed by atoms with Gasteiger partial charge < -0.3 is 14.6 Å². The number of aliphatic hydroxyl groups is 1. The first-order chi connectivity index (χ1) is 8.72. The molecule has 0 saturated carbocycles. The van der Waals surface area contributed by atoms with E-state index in [9.17, 15) is 0 Å². The van der Waals surface area contributed by atoms with Gasteiger partial charge >= 0.3 is 0 Å². The Kier molecular flexibility index (Phi) is 4.41. The molecule has 0 amide bonds. The molecular formula is C12H12ClNO3S. The largest absolute Gasteiger partial charge is 0.494 e. The fourth-order valence-electron chi connectivity index (χ4n) is 1.35. The summed E-state index contributed by atoms with van der Waals surface area (Å²) in [5.74, 6) is 1.36. The summed E-state index contributed by atoms with van der Waals surface area (Å²) in [7, 11) is 0. The van der Waals surface area contributed by atoms with Crippen molar-refractivity contribution in [2.45, 2.75) is 13.5 Å². The summed E-state index contributed by atoms with van der Waals surface area (Å²) < 4.78 is 10.9. The zero-order chi connectivity index (χ0) is 13.0. The van der Waals surface area contributed by atoms with Crippen molar-refractivity contribution in [3.63, 3.8) is 0 Å². The highest BCUT2D eigenvalue weighted by molar-refractivity contribution is 7.13. The molecule has 18 heavy (non-hydrogen) atoms.